The summed E-state index contributed by atoms with van der Waals surface area (Å²) in [5, 5.41) is 7.57. The van der Waals surface area contributed by atoms with Crippen LogP contribution in [0.25, 0.3) is 17.1 Å². The van der Waals surface area contributed by atoms with E-state index in [1.807, 2.05) is 49.4 Å². The number of hydrogen-bond acceptors (Lipinski definition) is 4. The number of nitrogens with one attached hydrogen (secondary N) is 1. The summed E-state index contributed by atoms with van der Waals surface area (Å²) in [6, 6.07) is 16.1. The molecule has 6 nitrogen and oxygen atoms in total. The van der Waals surface area contributed by atoms with Crippen molar-refractivity contribution in [3.8, 4) is 23.1 Å². The maximum Gasteiger partial charge on any atom is 0.336 e. The highest BCUT2D eigenvalue weighted by Gasteiger charge is 2.22. The first-order valence-electron chi connectivity index (χ1n) is 10.2. The SMILES string of the molecule is CCOc1nc(-c2ccccc2C)n(-c2ccc(NC(=O)C3CCCC3)cc2)n1. The number of aryl methyl sites for hydroxylation is 1. The molecule has 1 aliphatic carbocycles. The zero-order valence-corrected chi connectivity index (χ0v) is 16.9. The van der Waals surface area contributed by atoms with Gasteiger partial charge in [0.05, 0.1) is 12.3 Å². The summed E-state index contributed by atoms with van der Waals surface area (Å²) >= 11 is 0. The van der Waals surface area contributed by atoms with E-state index in [2.05, 4.69) is 28.4 Å². The third kappa shape index (κ3) is 4.16. The van der Waals surface area contributed by atoms with Crippen molar-refractivity contribution in [3.05, 3.63) is 54.1 Å². The average molecular weight is 390 g/mol. The van der Waals surface area contributed by atoms with Gasteiger partial charge in [-0.1, -0.05) is 37.1 Å². The van der Waals surface area contributed by atoms with E-state index in [0.29, 0.717) is 12.6 Å². The second-order valence-corrected chi connectivity index (χ2v) is 7.40. The fraction of sp³-hybridized carbons (Fsp3) is 0.348. The van der Waals surface area contributed by atoms with Crippen LogP contribution in [0, 0.1) is 12.8 Å². The van der Waals surface area contributed by atoms with Gasteiger partial charge in [-0.3, -0.25) is 4.79 Å². The molecule has 1 aliphatic rings. The van der Waals surface area contributed by atoms with E-state index >= 15 is 0 Å². The van der Waals surface area contributed by atoms with Crippen molar-refractivity contribution in [2.75, 3.05) is 11.9 Å². The molecule has 0 radical (unpaired) electrons. The van der Waals surface area contributed by atoms with Crippen LogP contribution in [0.5, 0.6) is 6.01 Å². The van der Waals surface area contributed by atoms with Gasteiger partial charge in [0.25, 0.3) is 0 Å². The molecule has 0 aliphatic heterocycles. The van der Waals surface area contributed by atoms with E-state index < -0.39 is 0 Å². The molecule has 29 heavy (non-hydrogen) atoms. The third-order valence-corrected chi connectivity index (χ3v) is 5.35. The van der Waals surface area contributed by atoms with E-state index in [0.717, 1.165) is 54.0 Å². The molecule has 1 saturated carbocycles. The van der Waals surface area contributed by atoms with Crippen LogP contribution >= 0.6 is 0 Å². The Labute approximate surface area is 170 Å². The zero-order valence-electron chi connectivity index (χ0n) is 16.9. The van der Waals surface area contributed by atoms with E-state index in [9.17, 15) is 4.79 Å². The van der Waals surface area contributed by atoms with Crippen LogP contribution in [-0.2, 0) is 4.79 Å². The molecule has 1 fully saturated rings. The molecule has 1 N–H and O–H groups in total. The number of nitrogens with zero attached hydrogens (tertiary/aromatic N) is 3. The van der Waals surface area contributed by atoms with E-state index in [4.69, 9.17) is 4.74 Å². The van der Waals surface area contributed by atoms with Gasteiger partial charge in [-0.05, 0) is 56.5 Å². The molecule has 1 heterocycles. The summed E-state index contributed by atoms with van der Waals surface area (Å²) in [7, 11) is 0. The van der Waals surface area contributed by atoms with E-state index in [-0.39, 0.29) is 11.8 Å². The number of aromatic nitrogens is 3. The topological polar surface area (TPSA) is 69.0 Å². The number of hydrogen-bond donors (Lipinski definition) is 1. The fourth-order valence-electron chi connectivity index (χ4n) is 3.78. The van der Waals surface area contributed by atoms with Gasteiger partial charge in [-0.2, -0.15) is 4.98 Å². The van der Waals surface area contributed by atoms with Crippen LogP contribution in [0.1, 0.15) is 38.2 Å². The van der Waals surface area contributed by atoms with Crippen LogP contribution in [0.4, 0.5) is 5.69 Å². The van der Waals surface area contributed by atoms with Gasteiger partial charge in [-0.15, -0.1) is 5.10 Å². The number of carbonyl (C=O) groups excluding carboxylic acids is 1. The highest BCUT2D eigenvalue weighted by Crippen LogP contribution is 2.28. The second kappa shape index (κ2) is 8.47. The molecule has 4 rings (SSSR count). The lowest BCUT2D eigenvalue weighted by molar-refractivity contribution is -0.119. The van der Waals surface area contributed by atoms with Crippen LogP contribution in [0.3, 0.4) is 0 Å². The summed E-state index contributed by atoms with van der Waals surface area (Å²) in [6.07, 6.45) is 4.27. The molecule has 2 aromatic carbocycles. The standard InChI is InChI=1S/C23H26N4O2/c1-3-29-23-25-21(20-11-7-4-8-16(20)2)27(26-23)19-14-12-18(13-15-19)24-22(28)17-9-5-6-10-17/h4,7-8,11-15,17H,3,5-6,9-10H2,1-2H3,(H,24,28). The minimum absolute atomic E-state index is 0.121. The highest BCUT2D eigenvalue weighted by atomic mass is 16.5. The van der Waals surface area contributed by atoms with Gasteiger partial charge >= 0.3 is 6.01 Å². The van der Waals surface area contributed by atoms with Crippen molar-refractivity contribution < 1.29 is 9.53 Å². The van der Waals surface area contributed by atoms with Crippen molar-refractivity contribution in [2.45, 2.75) is 39.5 Å². The molecule has 0 spiro atoms. The molecular weight excluding hydrogens is 364 g/mol. The number of amides is 1. The van der Waals surface area contributed by atoms with Crippen molar-refractivity contribution >= 4 is 11.6 Å². The molecule has 3 aromatic rings. The maximum absolute atomic E-state index is 12.4. The van der Waals surface area contributed by atoms with Gasteiger partial charge in [0.15, 0.2) is 5.82 Å². The largest absolute Gasteiger partial charge is 0.463 e. The summed E-state index contributed by atoms with van der Waals surface area (Å²) in [5.41, 5.74) is 3.78. The Hall–Kier alpha value is -3.15. The maximum atomic E-state index is 12.4. The highest BCUT2D eigenvalue weighted by molar-refractivity contribution is 5.92. The summed E-state index contributed by atoms with van der Waals surface area (Å²) < 4.78 is 7.33. The summed E-state index contributed by atoms with van der Waals surface area (Å²) in [5.74, 6) is 0.996. The van der Waals surface area contributed by atoms with Crippen LogP contribution in [0.15, 0.2) is 48.5 Å². The predicted octanol–water partition coefficient (Wildman–Crippen LogP) is 4.77. The van der Waals surface area contributed by atoms with Gasteiger partial charge in [0, 0.05) is 17.2 Å². The van der Waals surface area contributed by atoms with Crippen molar-refractivity contribution in [1.82, 2.24) is 14.8 Å². The quantitative estimate of drug-likeness (QED) is 0.658. The van der Waals surface area contributed by atoms with Crippen molar-refractivity contribution in [3.63, 3.8) is 0 Å². The molecule has 0 saturated heterocycles. The number of benzene rings is 2. The van der Waals surface area contributed by atoms with E-state index in [1.165, 1.54) is 0 Å². The molecule has 150 valence electrons. The number of carbonyl (C=O) groups is 1. The molecule has 1 aromatic heterocycles. The molecule has 0 bridgehead atoms. The molecular formula is C23H26N4O2. The smallest absolute Gasteiger partial charge is 0.336 e. The van der Waals surface area contributed by atoms with Crippen LogP contribution in [0.2, 0.25) is 0 Å². The Balaban J connectivity index is 1.62. The Morgan fingerprint density at radius 2 is 1.86 bits per heavy atom. The predicted molar refractivity (Wildman–Crippen MR) is 113 cm³/mol. The van der Waals surface area contributed by atoms with Crippen molar-refractivity contribution in [2.24, 2.45) is 5.92 Å². The number of rotatable bonds is 6. The van der Waals surface area contributed by atoms with Gasteiger partial charge in [0.1, 0.15) is 0 Å². The molecule has 6 heteroatoms. The molecule has 0 atom stereocenters. The second-order valence-electron chi connectivity index (χ2n) is 7.40. The summed E-state index contributed by atoms with van der Waals surface area (Å²) in [6.45, 7) is 4.47. The lowest BCUT2D eigenvalue weighted by Gasteiger charge is -2.12. The fourth-order valence-corrected chi connectivity index (χ4v) is 3.78. The van der Waals surface area contributed by atoms with Gasteiger partial charge < -0.3 is 10.1 Å². The third-order valence-electron chi connectivity index (χ3n) is 5.35. The van der Waals surface area contributed by atoms with Crippen LogP contribution in [-0.4, -0.2) is 27.3 Å². The normalized spacial score (nSPS) is 14.1. The lowest BCUT2D eigenvalue weighted by Crippen LogP contribution is -2.20. The minimum Gasteiger partial charge on any atom is -0.463 e. The number of ether oxygens (including phenoxy) is 1. The first-order valence-corrected chi connectivity index (χ1v) is 10.2. The van der Waals surface area contributed by atoms with E-state index in [1.54, 1.807) is 4.68 Å². The first-order chi connectivity index (χ1) is 14.2. The van der Waals surface area contributed by atoms with Crippen molar-refractivity contribution in [1.29, 1.82) is 0 Å². The van der Waals surface area contributed by atoms with Crippen LogP contribution < -0.4 is 10.1 Å². The number of anilines is 1. The van der Waals surface area contributed by atoms with Gasteiger partial charge in [-0.25, -0.2) is 4.68 Å². The lowest BCUT2D eigenvalue weighted by atomic mass is 10.1. The Bertz CT molecular complexity index is 988. The average Bonchev–Trinajstić information content (AvgIpc) is 3.40. The molecule has 1 amide bonds. The monoisotopic (exact) mass is 390 g/mol. The minimum atomic E-state index is 0.121. The first kappa shape index (κ1) is 19.2. The zero-order chi connectivity index (χ0) is 20.2. The van der Waals surface area contributed by atoms with Gasteiger partial charge in [0.2, 0.25) is 5.91 Å². The summed E-state index contributed by atoms with van der Waals surface area (Å²) in [4.78, 5) is 17.0. The Kier molecular flexibility index (Phi) is 5.60. The molecule has 0 unspecified atom stereocenters. The Morgan fingerprint density at radius 1 is 1.14 bits per heavy atom. The Morgan fingerprint density at radius 3 is 2.55 bits per heavy atom.